The zero-order valence-electron chi connectivity index (χ0n) is 19.9. The Bertz CT molecular complexity index is 1290. The van der Waals surface area contributed by atoms with Gasteiger partial charge in [-0.3, -0.25) is 4.79 Å². The van der Waals surface area contributed by atoms with Crippen LogP contribution in [0, 0.1) is 5.82 Å². The van der Waals surface area contributed by atoms with Gasteiger partial charge in [0.2, 0.25) is 15.9 Å². The van der Waals surface area contributed by atoms with Crippen LogP contribution in [-0.2, 0) is 26.4 Å². The smallest absolute Gasteiger partial charge is 0.326 e. The molecule has 8 nitrogen and oxygen atoms in total. The summed E-state index contributed by atoms with van der Waals surface area (Å²) in [7, 11) is -3.42. The lowest BCUT2D eigenvalue weighted by Gasteiger charge is -2.33. The summed E-state index contributed by atoms with van der Waals surface area (Å²) in [6.45, 7) is 0.405. The van der Waals surface area contributed by atoms with Gasteiger partial charge in [-0.05, 0) is 67.6 Å². The first-order valence-electron chi connectivity index (χ1n) is 11.6. The quantitative estimate of drug-likeness (QED) is 0.464. The molecular formula is C24H26F4N4O4S. The number of hydrogen-bond donors (Lipinski definition) is 3. The van der Waals surface area contributed by atoms with E-state index in [9.17, 15) is 31.2 Å². The second-order valence-corrected chi connectivity index (χ2v) is 11.2. The summed E-state index contributed by atoms with van der Waals surface area (Å²) in [6, 6.07) is 6.63. The minimum Gasteiger partial charge on any atom is -0.326 e. The first-order chi connectivity index (χ1) is 17.3. The third-order valence-corrected chi connectivity index (χ3v) is 7.24. The largest absolute Gasteiger partial charge is 0.416 e. The number of sulfonamides is 1. The Kier molecular flexibility index (Phi) is 7.21. The van der Waals surface area contributed by atoms with Gasteiger partial charge in [0, 0.05) is 29.9 Å². The molecule has 1 heterocycles. The molecule has 2 aliphatic rings. The van der Waals surface area contributed by atoms with E-state index in [2.05, 4.69) is 15.4 Å². The Morgan fingerprint density at radius 1 is 1.14 bits per heavy atom. The number of carbonyl (C=O) groups is 2. The van der Waals surface area contributed by atoms with Crippen LogP contribution in [0.3, 0.4) is 0 Å². The van der Waals surface area contributed by atoms with Crippen LogP contribution in [0.25, 0.3) is 0 Å². The number of halogens is 4. The van der Waals surface area contributed by atoms with E-state index in [1.54, 1.807) is 12.1 Å². The number of benzene rings is 2. The molecule has 1 aliphatic heterocycles. The van der Waals surface area contributed by atoms with Crippen LogP contribution >= 0.6 is 0 Å². The molecule has 1 saturated heterocycles. The van der Waals surface area contributed by atoms with Crippen molar-refractivity contribution >= 4 is 33.3 Å². The van der Waals surface area contributed by atoms with Gasteiger partial charge in [-0.2, -0.15) is 13.2 Å². The number of anilines is 2. The average molecular weight is 543 g/mol. The van der Waals surface area contributed by atoms with Crippen molar-refractivity contribution in [2.24, 2.45) is 0 Å². The number of nitrogens with zero attached hydrogens (tertiary/aromatic N) is 1. The summed E-state index contributed by atoms with van der Waals surface area (Å²) in [6.07, 6.45) is -1.32. The number of alkyl halides is 3. The van der Waals surface area contributed by atoms with Crippen LogP contribution in [-0.4, -0.2) is 45.7 Å². The van der Waals surface area contributed by atoms with Gasteiger partial charge in [-0.25, -0.2) is 22.3 Å². The van der Waals surface area contributed by atoms with E-state index in [4.69, 9.17) is 0 Å². The number of amides is 3. The van der Waals surface area contributed by atoms with Crippen LogP contribution in [0.5, 0.6) is 0 Å². The predicted molar refractivity (Wildman–Crippen MR) is 129 cm³/mol. The van der Waals surface area contributed by atoms with Crippen molar-refractivity contribution in [3.8, 4) is 0 Å². The maximum atomic E-state index is 15.1. The second-order valence-electron chi connectivity index (χ2n) is 9.40. The van der Waals surface area contributed by atoms with E-state index in [0.717, 1.165) is 30.5 Å². The lowest BCUT2D eigenvalue weighted by Crippen LogP contribution is -2.53. The van der Waals surface area contributed by atoms with Gasteiger partial charge in [0.25, 0.3) is 0 Å². The van der Waals surface area contributed by atoms with Gasteiger partial charge < -0.3 is 15.5 Å². The number of carbonyl (C=O) groups excluding carboxylic acids is 2. The third-order valence-electron chi connectivity index (χ3n) is 6.58. The van der Waals surface area contributed by atoms with Crippen LogP contribution in [0.15, 0.2) is 42.5 Å². The van der Waals surface area contributed by atoms with Crippen molar-refractivity contribution in [1.29, 1.82) is 0 Å². The molecule has 2 aromatic rings. The van der Waals surface area contributed by atoms with Crippen molar-refractivity contribution in [3.63, 3.8) is 0 Å². The van der Waals surface area contributed by atoms with Crippen LogP contribution in [0.1, 0.15) is 36.8 Å². The fourth-order valence-electron chi connectivity index (χ4n) is 4.40. The molecule has 1 atom stereocenters. The highest BCUT2D eigenvalue weighted by atomic mass is 32.2. The summed E-state index contributed by atoms with van der Waals surface area (Å²) in [5.41, 5.74) is -0.648. The highest BCUT2D eigenvalue weighted by molar-refractivity contribution is 7.88. The molecule has 200 valence electrons. The van der Waals surface area contributed by atoms with Crippen molar-refractivity contribution < 1.29 is 35.6 Å². The van der Waals surface area contributed by atoms with Gasteiger partial charge >= 0.3 is 12.2 Å². The minimum absolute atomic E-state index is 0.0881. The van der Waals surface area contributed by atoms with Crippen molar-refractivity contribution in [2.75, 3.05) is 29.6 Å². The van der Waals surface area contributed by atoms with Crippen LogP contribution in [0.2, 0.25) is 0 Å². The van der Waals surface area contributed by atoms with Crippen LogP contribution < -0.4 is 20.3 Å². The second kappa shape index (κ2) is 9.93. The van der Waals surface area contributed by atoms with Gasteiger partial charge in [-0.1, -0.05) is 6.07 Å². The number of hydrogen-bond acceptors (Lipinski definition) is 4. The van der Waals surface area contributed by atoms with Crippen LogP contribution in [0.4, 0.5) is 33.7 Å². The van der Waals surface area contributed by atoms with Gasteiger partial charge in [0.05, 0.1) is 11.8 Å². The standard InChI is InChI=1S/C24H26F4N4O4S/c1-37(35,36)29-14-23(10-11-23)18-9-8-17(13-19(18)25)32-12-2-3-20(21(32)33)31-22(34)30-16-6-4-15(5-7-16)24(26,27)28/h4-9,13,20,29H,2-3,10-12,14H2,1H3,(H2,30,31,34)/t20-/m1/s1. The maximum Gasteiger partial charge on any atom is 0.416 e. The summed E-state index contributed by atoms with van der Waals surface area (Å²) in [4.78, 5) is 26.8. The molecule has 3 N–H and O–H groups in total. The average Bonchev–Trinajstić information content (AvgIpc) is 3.59. The van der Waals surface area contributed by atoms with E-state index < -0.39 is 51.0 Å². The fraction of sp³-hybridized carbons (Fsp3) is 0.417. The third kappa shape index (κ3) is 6.39. The first kappa shape index (κ1) is 26.9. The Balaban J connectivity index is 1.40. The molecule has 3 amide bonds. The number of urea groups is 1. The lowest BCUT2D eigenvalue weighted by atomic mass is 9.94. The highest BCUT2D eigenvalue weighted by Gasteiger charge is 2.46. The maximum absolute atomic E-state index is 15.1. The van der Waals surface area contributed by atoms with E-state index in [0.29, 0.717) is 43.5 Å². The minimum atomic E-state index is -4.50. The Morgan fingerprint density at radius 2 is 1.81 bits per heavy atom. The number of piperidine rings is 1. The molecule has 13 heteroatoms. The molecule has 4 rings (SSSR count). The Hall–Kier alpha value is -3.19. The highest BCUT2D eigenvalue weighted by Crippen LogP contribution is 2.49. The van der Waals surface area contributed by atoms with E-state index in [1.165, 1.54) is 11.0 Å². The molecular weight excluding hydrogens is 516 g/mol. The molecule has 1 aliphatic carbocycles. The Labute approximate surface area is 211 Å². The molecule has 0 spiro atoms. The summed E-state index contributed by atoms with van der Waals surface area (Å²) >= 11 is 0. The molecule has 2 fully saturated rings. The topological polar surface area (TPSA) is 108 Å². The molecule has 0 bridgehead atoms. The Morgan fingerprint density at radius 3 is 2.38 bits per heavy atom. The molecule has 2 aromatic carbocycles. The fourth-order valence-corrected chi connectivity index (χ4v) is 4.94. The molecule has 0 radical (unpaired) electrons. The number of nitrogens with one attached hydrogen (secondary N) is 3. The summed E-state index contributed by atoms with van der Waals surface area (Å²) < 4.78 is 78.5. The first-order valence-corrected chi connectivity index (χ1v) is 13.5. The zero-order chi connectivity index (χ0) is 27.0. The monoisotopic (exact) mass is 542 g/mol. The summed E-state index contributed by atoms with van der Waals surface area (Å²) in [5.74, 6) is -0.992. The zero-order valence-corrected chi connectivity index (χ0v) is 20.7. The van der Waals surface area contributed by atoms with Gasteiger partial charge in [0.15, 0.2) is 0 Å². The molecule has 0 unspecified atom stereocenters. The molecule has 0 aromatic heterocycles. The van der Waals surface area contributed by atoms with E-state index in [1.807, 2.05) is 0 Å². The predicted octanol–water partition coefficient (Wildman–Crippen LogP) is 3.74. The van der Waals surface area contributed by atoms with Crippen molar-refractivity contribution in [1.82, 2.24) is 10.0 Å². The normalized spacial score (nSPS) is 19.4. The van der Waals surface area contributed by atoms with Gasteiger partial charge in [0.1, 0.15) is 11.9 Å². The summed E-state index contributed by atoms with van der Waals surface area (Å²) in [5, 5.41) is 4.94. The van der Waals surface area contributed by atoms with Crippen molar-refractivity contribution in [2.45, 2.75) is 43.3 Å². The lowest BCUT2D eigenvalue weighted by molar-refractivity contribution is -0.137. The van der Waals surface area contributed by atoms with E-state index in [-0.39, 0.29) is 12.2 Å². The molecule has 1 saturated carbocycles. The van der Waals surface area contributed by atoms with E-state index >= 15 is 4.39 Å². The SMILES string of the molecule is CS(=O)(=O)NCC1(c2ccc(N3CCC[C@@H](NC(=O)Nc4ccc(C(F)(F)F)cc4)C3=O)cc2F)CC1. The number of rotatable bonds is 7. The molecule has 37 heavy (non-hydrogen) atoms. The van der Waals surface area contributed by atoms with Crippen molar-refractivity contribution in [3.05, 3.63) is 59.4 Å². The van der Waals surface area contributed by atoms with Gasteiger partial charge in [-0.15, -0.1) is 0 Å².